The fourth-order valence-corrected chi connectivity index (χ4v) is 7.94. The summed E-state index contributed by atoms with van der Waals surface area (Å²) in [6.07, 6.45) is 45.9. The largest absolute Gasteiger partial charge is 0.466 e. The lowest BCUT2D eigenvalue weighted by molar-refractivity contribution is -0.144. The summed E-state index contributed by atoms with van der Waals surface area (Å²) in [5.41, 5.74) is 5.78. The zero-order chi connectivity index (χ0) is 46.4. The Morgan fingerprint density at radius 2 is 0.645 bits per heavy atom. The van der Waals surface area contributed by atoms with Crippen molar-refractivity contribution in [3.8, 4) is 0 Å². The molecule has 0 aliphatic rings. The summed E-state index contributed by atoms with van der Waals surface area (Å²) in [5.74, 6) is 1.62. The Kier molecular flexibility index (Phi) is 60.8. The van der Waals surface area contributed by atoms with Crippen molar-refractivity contribution >= 4 is 11.9 Å². The lowest BCUT2D eigenvalue weighted by Crippen LogP contribution is -2.27. The Morgan fingerprint density at radius 3 is 0.952 bits per heavy atom. The van der Waals surface area contributed by atoms with Crippen LogP contribution in [0.5, 0.6) is 0 Å². The van der Waals surface area contributed by atoms with Crippen molar-refractivity contribution in [2.45, 2.75) is 299 Å². The van der Waals surface area contributed by atoms with Crippen molar-refractivity contribution in [1.82, 2.24) is 4.90 Å². The molecule has 0 spiro atoms. The number of nitrogens with zero attached hydrogens (tertiary/aromatic N) is 1. The number of hydrogen-bond acceptors (Lipinski definition) is 6. The van der Waals surface area contributed by atoms with Crippen LogP contribution in [0.2, 0.25) is 0 Å². The van der Waals surface area contributed by atoms with Gasteiger partial charge in [-0.2, -0.15) is 0 Å². The van der Waals surface area contributed by atoms with Gasteiger partial charge in [-0.25, -0.2) is 0 Å². The van der Waals surface area contributed by atoms with Crippen LogP contribution >= 0.6 is 0 Å². The Labute approximate surface area is 390 Å². The van der Waals surface area contributed by atoms with E-state index in [4.69, 9.17) is 15.2 Å². The summed E-state index contributed by atoms with van der Waals surface area (Å²) in [7, 11) is 0. The van der Waals surface area contributed by atoms with Gasteiger partial charge >= 0.3 is 11.9 Å². The normalized spacial score (nSPS) is 11.2. The van der Waals surface area contributed by atoms with E-state index < -0.39 is 0 Å². The maximum absolute atomic E-state index is 12.3. The average Bonchev–Trinajstić information content (AvgIpc) is 3.28. The molecule has 374 valence electrons. The first-order chi connectivity index (χ1) is 30.3. The van der Waals surface area contributed by atoms with Gasteiger partial charge in [0.2, 0.25) is 0 Å². The third-order valence-corrected chi connectivity index (χ3v) is 12.5. The highest BCUT2D eigenvalue weighted by atomic mass is 16.5. The molecule has 6 nitrogen and oxygen atoms in total. The molecular weight excluding hydrogens is 765 g/mol. The maximum Gasteiger partial charge on any atom is 0.305 e. The van der Waals surface area contributed by atoms with Gasteiger partial charge in [-0.05, 0) is 102 Å². The van der Waals surface area contributed by atoms with Gasteiger partial charge in [-0.1, -0.05) is 222 Å². The monoisotopic (exact) mass is 881 g/mol. The Morgan fingerprint density at radius 1 is 0.355 bits per heavy atom. The lowest BCUT2D eigenvalue weighted by atomic mass is 9.91. The van der Waals surface area contributed by atoms with Crippen LogP contribution in [0.15, 0.2) is 0 Å². The van der Waals surface area contributed by atoms with E-state index in [2.05, 4.69) is 60.3 Å². The van der Waals surface area contributed by atoms with Gasteiger partial charge in [0, 0.05) is 12.8 Å². The molecule has 2 N–H and O–H groups in total. The minimum absolute atomic E-state index is 0.000541. The molecule has 0 aromatic rings. The molecule has 0 amide bonds. The van der Waals surface area contributed by atoms with Gasteiger partial charge in [0.25, 0.3) is 0 Å². The van der Waals surface area contributed by atoms with Crippen LogP contribution in [0.25, 0.3) is 0 Å². The molecule has 0 atom stereocenters. The summed E-state index contributed by atoms with van der Waals surface area (Å²) >= 11 is 0. The highest BCUT2D eigenvalue weighted by Crippen LogP contribution is 2.24. The number of hydrogen-bond donors (Lipinski definition) is 1. The third-order valence-electron chi connectivity index (χ3n) is 12.5. The minimum Gasteiger partial charge on any atom is -0.466 e. The van der Waals surface area contributed by atoms with E-state index in [1.54, 1.807) is 0 Å². The van der Waals surface area contributed by atoms with Crippen molar-refractivity contribution in [3.05, 3.63) is 0 Å². The second kappa shape index (κ2) is 57.9. The average molecular weight is 882 g/mol. The zero-order valence-electron chi connectivity index (χ0n) is 43.9. The number of esters is 2. The molecular formula is C56H116N2O4. The molecule has 0 rings (SSSR count). The highest BCUT2D eigenvalue weighted by molar-refractivity contribution is 5.69. The van der Waals surface area contributed by atoms with Crippen LogP contribution in [-0.2, 0) is 19.1 Å². The molecule has 0 saturated heterocycles. The fourth-order valence-electron chi connectivity index (χ4n) is 7.94. The molecule has 0 radical (unpaired) electrons. The molecule has 6 heteroatoms. The van der Waals surface area contributed by atoms with Crippen LogP contribution in [0, 0.1) is 11.8 Å². The molecule has 0 aromatic carbocycles. The first kappa shape index (κ1) is 65.1. The number of carbonyl (C=O) groups is 2. The standard InChI is InChI=1S/C48H96N2O4.2C4H10/c1-5-9-19-31-45(32-20-10-6-2)35-29-43-53-47(51)37-23-15-13-17-26-40-50(42-28-25-39-49)41-27-18-14-16-24-38-48(52)54-44-30-36-46(33-21-11-7-3)34-22-12-8-4;2*1-3-4-2/h45-46H,5-44,49H2,1-4H3;2*3-4H2,1-2H3. The minimum atomic E-state index is -0.000541. The van der Waals surface area contributed by atoms with Gasteiger partial charge in [0.05, 0.1) is 13.2 Å². The Bertz CT molecular complexity index is 753. The lowest BCUT2D eigenvalue weighted by Gasteiger charge is -2.22. The van der Waals surface area contributed by atoms with Crippen molar-refractivity contribution in [3.63, 3.8) is 0 Å². The van der Waals surface area contributed by atoms with Gasteiger partial charge in [-0.3, -0.25) is 9.59 Å². The number of ether oxygens (including phenoxy) is 2. The Hall–Kier alpha value is -1.14. The summed E-state index contributed by atoms with van der Waals surface area (Å²) in [6.45, 7) is 23.3. The number of rotatable bonds is 46. The van der Waals surface area contributed by atoms with E-state index in [-0.39, 0.29) is 11.9 Å². The molecule has 0 aromatic heterocycles. The van der Waals surface area contributed by atoms with Gasteiger partial charge in [0.1, 0.15) is 0 Å². The molecule has 0 unspecified atom stereocenters. The van der Waals surface area contributed by atoms with E-state index in [0.29, 0.717) is 26.1 Å². The number of unbranched alkanes of at least 4 members (excludes halogenated alkanes) is 19. The summed E-state index contributed by atoms with van der Waals surface area (Å²) in [5, 5.41) is 0. The molecule has 0 aliphatic carbocycles. The van der Waals surface area contributed by atoms with E-state index in [1.165, 1.54) is 186 Å². The van der Waals surface area contributed by atoms with Crippen molar-refractivity contribution < 1.29 is 19.1 Å². The van der Waals surface area contributed by atoms with E-state index in [9.17, 15) is 9.59 Å². The van der Waals surface area contributed by atoms with Crippen molar-refractivity contribution in [2.75, 3.05) is 39.4 Å². The summed E-state index contributed by atoms with van der Waals surface area (Å²) in [4.78, 5) is 27.2. The predicted molar refractivity (Wildman–Crippen MR) is 275 cm³/mol. The fraction of sp³-hybridized carbons (Fsp3) is 0.964. The zero-order valence-corrected chi connectivity index (χ0v) is 43.9. The quantitative estimate of drug-likeness (QED) is 0.0484. The van der Waals surface area contributed by atoms with Crippen LogP contribution in [-0.4, -0.2) is 56.2 Å². The number of carbonyl (C=O) groups excluding carboxylic acids is 2. The predicted octanol–water partition coefficient (Wildman–Crippen LogP) is 17.5. The highest BCUT2D eigenvalue weighted by Gasteiger charge is 2.12. The van der Waals surface area contributed by atoms with E-state index >= 15 is 0 Å². The van der Waals surface area contributed by atoms with Crippen molar-refractivity contribution in [2.24, 2.45) is 17.6 Å². The third kappa shape index (κ3) is 55.0. The molecule has 0 fully saturated rings. The van der Waals surface area contributed by atoms with Gasteiger partial charge in [0.15, 0.2) is 0 Å². The van der Waals surface area contributed by atoms with Gasteiger partial charge < -0.3 is 20.1 Å². The second-order valence-corrected chi connectivity index (χ2v) is 18.8. The van der Waals surface area contributed by atoms with E-state index in [0.717, 1.165) is 83.0 Å². The van der Waals surface area contributed by atoms with Crippen LogP contribution in [0.4, 0.5) is 0 Å². The van der Waals surface area contributed by atoms with E-state index in [1.807, 2.05) is 0 Å². The molecule has 0 bridgehead atoms. The van der Waals surface area contributed by atoms with Crippen LogP contribution in [0.1, 0.15) is 299 Å². The maximum atomic E-state index is 12.3. The topological polar surface area (TPSA) is 81.9 Å². The molecule has 0 aliphatic heterocycles. The van der Waals surface area contributed by atoms with Crippen LogP contribution in [0.3, 0.4) is 0 Å². The van der Waals surface area contributed by atoms with Crippen molar-refractivity contribution in [1.29, 1.82) is 0 Å². The van der Waals surface area contributed by atoms with Gasteiger partial charge in [-0.15, -0.1) is 0 Å². The molecule has 0 heterocycles. The first-order valence-corrected chi connectivity index (χ1v) is 28.1. The first-order valence-electron chi connectivity index (χ1n) is 28.1. The summed E-state index contributed by atoms with van der Waals surface area (Å²) in [6, 6.07) is 0. The summed E-state index contributed by atoms with van der Waals surface area (Å²) < 4.78 is 11.2. The molecule has 0 saturated carbocycles. The van der Waals surface area contributed by atoms with Crippen LogP contribution < -0.4 is 5.73 Å². The SMILES string of the molecule is CCCC.CCCC.CCCCCC(CCCCC)CCCOC(=O)CCCCCCCN(CCCCN)CCCCCCCC(=O)OCCCC(CCCCC)CCCCC. The second-order valence-electron chi connectivity index (χ2n) is 18.8. The molecule has 62 heavy (non-hydrogen) atoms. The smallest absolute Gasteiger partial charge is 0.305 e. The number of nitrogens with two attached hydrogens (primary N) is 1. The Balaban J connectivity index is -0.00000397.